The smallest absolute Gasteiger partial charge is 0.203 e. The topological polar surface area (TPSA) is 42.7 Å². The molecular formula is C11H14N4S. The minimum atomic E-state index is 0.671. The third-order valence-electron chi connectivity index (χ3n) is 2.70. The van der Waals surface area contributed by atoms with Crippen LogP contribution in [0.25, 0.3) is 0 Å². The molecule has 0 aliphatic heterocycles. The number of aryl methyl sites for hydroxylation is 1. The Hall–Kier alpha value is -1.36. The fourth-order valence-corrected chi connectivity index (χ4v) is 2.31. The average Bonchev–Trinajstić information content (AvgIpc) is 2.85. The van der Waals surface area contributed by atoms with Crippen LogP contribution in [-0.4, -0.2) is 14.5 Å². The van der Waals surface area contributed by atoms with Gasteiger partial charge in [-0.15, -0.1) is 11.3 Å². The van der Waals surface area contributed by atoms with Crippen molar-refractivity contribution in [2.75, 3.05) is 5.32 Å². The minimum absolute atomic E-state index is 0.671. The highest BCUT2D eigenvalue weighted by Crippen LogP contribution is 2.37. The number of anilines is 1. The molecular weight excluding hydrogens is 220 g/mol. The third kappa shape index (κ3) is 1.95. The Morgan fingerprint density at radius 2 is 2.44 bits per heavy atom. The van der Waals surface area contributed by atoms with Gasteiger partial charge < -0.3 is 9.88 Å². The van der Waals surface area contributed by atoms with Crippen LogP contribution >= 0.6 is 11.3 Å². The van der Waals surface area contributed by atoms with E-state index >= 15 is 0 Å². The van der Waals surface area contributed by atoms with Crippen molar-refractivity contribution in [2.24, 2.45) is 0 Å². The van der Waals surface area contributed by atoms with Crippen LogP contribution in [0.5, 0.6) is 0 Å². The maximum atomic E-state index is 4.51. The van der Waals surface area contributed by atoms with Crippen molar-refractivity contribution in [1.82, 2.24) is 14.5 Å². The van der Waals surface area contributed by atoms with E-state index in [0.717, 1.165) is 18.2 Å². The lowest BCUT2D eigenvalue weighted by Gasteiger charge is -2.06. The summed E-state index contributed by atoms with van der Waals surface area (Å²) in [5.41, 5.74) is 2.94. The Kier molecular flexibility index (Phi) is 2.40. The molecule has 0 bridgehead atoms. The zero-order valence-corrected chi connectivity index (χ0v) is 10.00. The molecule has 2 heterocycles. The van der Waals surface area contributed by atoms with E-state index in [1.807, 2.05) is 18.6 Å². The number of hydrogen-bond acceptors (Lipinski definition) is 4. The summed E-state index contributed by atoms with van der Waals surface area (Å²) in [5.74, 6) is 0.994. The zero-order valence-electron chi connectivity index (χ0n) is 9.18. The summed E-state index contributed by atoms with van der Waals surface area (Å²) in [6.45, 7) is 2.85. The van der Waals surface area contributed by atoms with Gasteiger partial charge in [-0.05, 0) is 19.8 Å². The Labute approximate surface area is 98.4 Å². The van der Waals surface area contributed by atoms with Gasteiger partial charge in [0.15, 0.2) is 0 Å². The van der Waals surface area contributed by atoms with Gasteiger partial charge in [-0.3, -0.25) is 4.98 Å². The van der Waals surface area contributed by atoms with E-state index in [-0.39, 0.29) is 0 Å². The van der Waals surface area contributed by atoms with Gasteiger partial charge in [0.1, 0.15) is 0 Å². The molecule has 0 saturated heterocycles. The molecule has 1 aliphatic carbocycles. The average molecular weight is 234 g/mol. The summed E-state index contributed by atoms with van der Waals surface area (Å²) in [5, 5.41) is 3.38. The molecule has 2 aromatic rings. The first kappa shape index (κ1) is 9.84. The highest BCUT2D eigenvalue weighted by molar-refractivity contribution is 7.09. The van der Waals surface area contributed by atoms with Gasteiger partial charge in [0.05, 0.1) is 17.7 Å². The predicted octanol–water partition coefficient (Wildman–Crippen LogP) is 2.60. The second kappa shape index (κ2) is 3.90. The van der Waals surface area contributed by atoms with Gasteiger partial charge >= 0.3 is 0 Å². The molecule has 0 radical (unpaired) electrons. The number of thiazole rings is 1. The molecule has 0 aromatic carbocycles. The van der Waals surface area contributed by atoms with Crippen LogP contribution in [0.3, 0.4) is 0 Å². The molecule has 0 amide bonds. The lowest BCUT2D eigenvalue weighted by molar-refractivity contribution is 0.743. The van der Waals surface area contributed by atoms with Crippen molar-refractivity contribution in [2.45, 2.75) is 32.4 Å². The van der Waals surface area contributed by atoms with E-state index in [2.05, 4.69) is 26.0 Å². The Bertz CT molecular complexity index is 470. The monoisotopic (exact) mass is 234 g/mol. The first-order valence-electron chi connectivity index (χ1n) is 5.49. The molecule has 1 saturated carbocycles. The molecule has 84 valence electrons. The SMILES string of the molecule is Cc1cn(C2CC2)c(NCc2cncs2)n1. The first-order valence-corrected chi connectivity index (χ1v) is 6.37. The maximum absolute atomic E-state index is 4.51. The molecule has 1 aliphatic rings. The summed E-state index contributed by atoms with van der Waals surface area (Å²) < 4.78 is 2.26. The molecule has 0 spiro atoms. The summed E-state index contributed by atoms with van der Waals surface area (Å²) >= 11 is 1.67. The van der Waals surface area contributed by atoms with E-state index in [1.165, 1.54) is 17.7 Å². The van der Waals surface area contributed by atoms with E-state index in [9.17, 15) is 0 Å². The van der Waals surface area contributed by atoms with Crippen molar-refractivity contribution in [3.05, 3.63) is 28.5 Å². The zero-order chi connectivity index (χ0) is 11.0. The van der Waals surface area contributed by atoms with Gasteiger partial charge in [-0.2, -0.15) is 0 Å². The van der Waals surface area contributed by atoms with Crippen LogP contribution in [0, 0.1) is 6.92 Å². The van der Waals surface area contributed by atoms with Crippen molar-refractivity contribution in [1.29, 1.82) is 0 Å². The number of aromatic nitrogens is 3. The summed E-state index contributed by atoms with van der Waals surface area (Å²) in [6.07, 6.45) is 6.59. The van der Waals surface area contributed by atoms with Crippen LogP contribution in [0.2, 0.25) is 0 Å². The first-order chi connectivity index (χ1) is 7.83. The molecule has 2 aromatic heterocycles. The van der Waals surface area contributed by atoms with Gasteiger partial charge in [0, 0.05) is 23.3 Å². The van der Waals surface area contributed by atoms with Crippen LogP contribution in [0.4, 0.5) is 5.95 Å². The van der Waals surface area contributed by atoms with Crippen LogP contribution < -0.4 is 5.32 Å². The lowest BCUT2D eigenvalue weighted by Crippen LogP contribution is -2.05. The maximum Gasteiger partial charge on any atom is 0.203 e. The van der Waals surface area contributed by atoms with E-state index in [1.54, 1.807) is 11.3 Å². The number of imidazole rings is 1. The molecule has 3 rings (SSSR count). The number of hydrogen-bond donors (Lipinski definition) is 1. The van der Waals surface area contributed by atoms with E-state index < -0.39 is 0 Å². The second-order valence-corrected chi connectivity index (χ2v) is 5.14. The van der Waals surface area contributed by atoms with Crippen molar-refractivity contribution in [3.8, 4) is 0 Å². The highest BCUT2D eigenvalue weighted by atomic mass is 32.1. The Balaban J connectivity index is 1.73. The van der Waals surface area contributed by atoms with Crippen molar-refractivity contribution in [3.63, 3.8) is 0 Å². The molecule has 0 atom stereocenters. The van der Waals surface area contributed by atoms with Gasteiger partial charge in [-0.25, -0.2) is 4.98 Å². The fourth-order valence-electron chi connectivity index (χ4n) is 1.77. The molecule has 16 heavy (non-hydrogen) atoms. The molecule has 5 heteroatoms. The van der Waals surface area contributed by atoms with Crippen LogP contribution in [-0.2, 0) is 6.54 Å². The predicted molar refractivity (Wildman–Crippen MR) is 64.7 cm³/mol. The van der Waals surface area contributed by atoms with Gasteiger partial charge in [0.2, 0.25) is 5.95 Å². The lowest BCUT2D eigenvalue weighted by atomic mass is 10.5. The fraction of sp³-hybridized carbons (Fsp3) is 0.455. The normalized spacial score (nSPS) is 15.3. The summed E-state index contributed by atoms with van der Waals surface area (Å²) in [7, 11) is 0. The van der Waals surface area contributed by atoms with Gasteiger partial charge in [0.25, 0.3) is 0 Å². The highest BCUT2D eigenvalue weighted by Gasteiger charge is 2.26. The molecule has 4 nitrogen and oxygen atoms in total. The van der Waals surface area contributed by atoms with Crippen molar-refractivity contribution < 1.29 is 0 Å². The summed E-state index contributed by atoms with van der Waals surface area (Å²) in [4.78, 5) is 9.81. The van der Waals surface area contributed by atoms with Crippen molar-refractivity contribution >= 4 is 17.3 Å². The standard InChI is InChI=1S/C11H14N4S/c1-8-6-15(9-2-3-9)11(14-8)13-5-10-4-12-7-16-10/h4,6-7,9H,2-3,5H2,1H3,(H,13,14). The minimum Gasteiger partial charge on any atom is -0.351 e. The number of nitrogens with one attached hydrogen (secondary N) is 1. The summed E-state index contributed by atoms with van der Waals surface area (Å²) in [6, 6.07) is 0.671. The largest absolute Gasteiger partial charge is 0.351 e. The number of nitrogens with zero attached hydrogens (tertiary/aromatic N) is 3. The second-order valence-electron chi connectivity index (χ2n) is 4.17. The number of rotatable bonds is 4. The van der Waals surface area contributed by atoms with Crippen LogP contribution in [0.1, 0.15) is 29.5 Å². The Morgan fingerprint density at radius 1 is 1.56 bits per heavy atom. The van der Waals surface area contributed by atoms with E-state index in [4.69, 9.17) is 0 Å². The molecule has 1 fully saturated rings. The van der Waals surface area contributed by atoms with Crippen LogP contribution in [0.15, 0.2) is 17.9 Å². The Morgan fingerprint density at radius 3 is 3.12 bits per heavy atom. The molecule has 1 N–H and O–H groups in total. The molecule has 0 unspecified atom stereocenters. The quantitative estimate of drug-likeness (QED) is 0.884. The van der Waals surface area contributed by atoms with E-state index in [0.29, 0.717) is 6.04 Å². The third-order valence-corrected chi connectivity index (χ3v) is 3.48. The van der Waals surface area contributed by atoms with Gasteiger partial charge in [-0.1, -0.05) is 0 Å².